The summed E-state index contributed by atoms with van der Waals surface area (Å²) in [6.45, 7) is 9.67. The van der Waals surface area contributed by atoms with Gasteiger partial charge in [0.25, 0.3) is 10.1 Å². The number of hydrogen-bond acceptors (Lipinski definition) is 8. The van der Waals surface area contributed by atoms with Crippen LogP contribution in [0.15, 0.2) is 94.4 Å². The Morgan fingerprint density at radius 3 is 2.24 bits per heavy atom. The molecule has 0 aromatic heterocycles. The smallest absolute Gasteiger partial charge is 0.303 e. The summed E-state index contributed by atoms with van der Waals surface area (Å²) in [5.41, 5.74) is 3.93. The molecule has 0 fully saturated rings. The van der Waals surface area contributed by atoms with Crippen LogP contribution in [0.3, 0.4) is 0 Å². The SMILES string of the molecule is CCN1/C(=C/C=C/C=C/C=C/C2=[N+](CCCCCC(=O)O)c3ccc(S(=O)(=O)O)cc3C2(C)CCOC)C(C)(C)c2cc(S(=O)(=O)[O-])ccc21. The first kappa shape index (κ1) is 38.9. The second-order valence-electron chi connectivity index (χ2n) is 13.2. The van der Waals surface area contributed by atoms with Crippen LogP contribution in [0.25, 0.3) is 0 Å². The van der Waals surface area contributed by atoms with E-state index in [4.69, 9.17) is 9.84 Å². The molecule has 0 spiro atoms. The molecule has 2 heterocycles. The molecule has 2 aromatic rings. The Labute approximate surface area is 295 Å². The number of hydrogen-bond donors (Lipinski definition) is 2. The zero-order chi connectivity index (χ0) is 36.9. The van der Waals surface area contributed by atoms with Gasteiger partial charge in [0, 0.05) is 67.6 Å². The topological polar surface area (TPSA) is 164 Å². The molecule has 2 aliphatic heterocycles. The highest BCUT2D eigenvalue weighted by Crippen LogP contribution is 2.48. The van der Waals surface area contributed by atoms with Crippen LogP contribution in [0.1, 0.15) is 70.9 Å². The third-order valence-corrected chi connectivity index (χ3v) is 11.2. The van der Waals surface area contributed by atoms with Gasteiger partial charge in [-0.25, -0.2) is 8.42 Å². The average Bonchev–Trinajstić information content (AvgIpc) is 3.40. The van der Waals surface area contributed by atoms with Crippen LogP contribution in [0, 0.1) is 0 Å². The van der Waals surface area contributed by atoms with Gasteiger partial charge in [-0.15, -0.1) is 0 Å². The molecule has 0 amide bonds. The molecule has 13 heteroatoms. The molecule has 0 radical (unpaired) electrons. The molecule has 0 saturated heterocycles. The molecule has 1 unspecified atom stereocenters. The fourth-order valence-corrected chi connectivity index (χ4v) is 7.87. The van der Waals surface area contributed by atoms with E-state index in [0.717, 1.165) is 40.3 Å². The second kappa shape index (κ2) is 15.6. The van der Waals surface area contributed by atoms with Crippen molar-refractivity contribution < 1.29 is 45.2 Å². The number of rotatable bonds is 16. The zero-order valence-electron chi connectivity index (χ0n) is 29.1. The Balaban J connectivity index is 1.62. The highest BCUT2D eigenvalue weighted by molar-refractivity contribution is 7.86. The van der Waals surface area contributed by atoms with Crippen LogP contribution >= 0.6 is 0 Å². The van der Waals surface area contributed by atoms with Crippen molar-refractivity contribution >= 4 is 43.3 Å². The molecule has 0 saturated carbocycles. The van der Waals surface area contributed by atoms with E-state index in [2.05, 4.69) is 9.48 Å². The highest BCUT2D eigenvalue weighted by atomic mass is 32.2. The van der Waals surface area contributed by atoms with Crippen molar-refractivity contribution in [1.29, 1.82) is 0 Å². The minimum absolute atomic E-state index is 0.0962. The van der Waals surface area contributed by atoms with E-state index in [9.17, 15) is 30.7 Å². The molecule has 2 aliphatic rings. The number of carboxylic acid groups (broad SMARTS) is 1. The predicted octanol–water partition coefficient (Wildman–Crippen LogP) is 6.25. The lowest BCUT2D eigenvalue weighted by atomic mass is 9.76. The summed E-state index contributed by atoms with van der Waals surface area (Å²) in [6, 6.07) is 9.12. The van der Waals surface area contributed by atoms with Gasteiger partial charge in [0.05, 0.1) is 15.2 Å². The van der Waals surface area contributed by atoms with Crippen molar-refractivity contribution in [2.24, 2.45) is 0 Å². The summed E-state index contributed by atoms with van der Waals surface area (Å²) in [5.74, 6) is -0.833. The second-order valence-corrected chi connectivity index (χ2v) is 16.0. The number of fused-ring (bicyclic) bond motifs is 2. The first-order valence-corrected chi connectivity index (χ1v) is 19.4. The zero-order valence-corrected chi connectivity index (χ0v) is 30.8. The molecule has 50 heavy (non-hydrogen) atoms. The van der Waals surface area contributed by atoms with Crippen LogP contribution < -0.4 is 4.90 Å². The molecular weight excluding hydrogens is 681 g/mol. The van der Waals surface area contributed by atoms with Gasteiger partial charge in [-0.05, 0) is 75.1 Å². The number of aliphatic carboxylic acids is 1. The van der Waals surface area contributed by atoms with E-state index < -0.39 is 37.0 Å². The van der Waals surface area contributed by atoms with Crippen molar-refractivity contribution in [2.75, 3.05) is 31.7 Å². The number of methoxy groups -OCH3 is 1. The van der Waals surface area contributed by atoms with E-state index in [1.807, 2.05) is 70.2 Å². The molecule has 4 rings (SSSR count). The van der Waals surface area contributed by atoms with Gasteiger partial charge in [0.15, 0.2) is 5.71 Å². The fourth-order valence-electron chi connectivity index (χ4n) is 6.86. The lowest BCUT2D eigenvalue weighted by molar-refractivity contribution is -0.438. The van der Waals surface area contributed by atoms with Crippen molar-refractivity contribution in [1.82, 2.24) is 0 Å². The lowest BCUT2D eigenvalue weighted by Gasteiger charge is -2.25. The third kappa shape index (κ3) is 8.35. The minimum Gasteiger partial charge on any atom is -0.744 e. The van der Waals surface area contributed by atoms with Crippen molar-refractivity contribution in [3.63, 3.8) is 0 Å². The number of carboxylic acids is 1. The molecule has 1 atom stereocenters. The fraction of sp³-hybridized carbons (Fsp3) is 0.405. The van der Waals surface area contributed by atoms with Crippen LogP contribution in [-0.4, -0.2) is 74.1 Å². The number of benzene rings is 2. The van der Waals surface area contributed by atoms with Gasteiger partial charge < -0.3 is 19.3 Å². The van der Waals surface area contributed by atoms with E-state index in [-0.39, 0.29) is 16.2 Å². The largest absolute Gasteiger partial charge is 0.744 e. The van der Waals surface area contributed by atoms with Gasteiger partial charge >= 0.3 is 5.97 Å². The maximum atomic E-state index is 12.1. The van der Waals surface area contributed by atoms with E-state index in [1.165, 1.54) is 24.3 Å². The van der Waals surface area contributed by atoms with E-state index >= 15 is 0 Å². The van der Waals surface area contributed by atoms with E-state index in [0.29, 0.717) is 39.0 Å². The van der Waals surface area contributed by atoms with Crippen LogP contribution in [0.2, 0.25) is 0 Å². The first-order chi connectivity index (χ1) is 23.5. The Morgan fingerprint density at radius 2 is 1.60 bits per heavy atom. The van der Waals surface area contributed by atoms with Crippen LogP contribution in [0.5, 0.6) is 0 Å². The Kier molecular flexibility index (Phi) is 12.1. The van der Waals surface area contributed by atoms with Gasteiger partial charge in [0.2, 0.25) is 5.69 Å². The van der Waals surface area contributed by atoms with Crippen molar-refractivity contribution in [2.45, 2.75) is 80.4 Å². The van der Waals surface area contributed by atoms with Crippen molar-refractivity contribution in [3.8, 4) is 0 Å². The number of unbranched alkanes of at least 4 members (excludes halogenated alkanes) is 2. The molecule has 2 aromatic carbocycles. The third-order valence-electron chi connectivity index (χ3n) is 9.51. The Morgan fingerprint density at radius 1 is 0.940 bits per heavy atom. The number of allylic oxidation sites excluding steroid dienone is 8. The van der Waals surface area contributed by atoms with E-state index in [1.54, 1.807) is 19.2 Å². The first-order valence-electron chi connectivity index (χ1n) is 16.5. The molecular formula is C37H46N2O9S2. The lowest BCUT2D eigenvalue weighted by Crippen LogP contribution is -2.33. The summed E-state index contributed by atoms with van der Waals surface area (Å²) >= 11 is 0. The summed E-state index contributed by atoms with van der Waals surface area (Å²) < 4.78 is 76.6. The van der Waals surface area contributed by atoms with Crippen LogP contribution in [-0.2, 0) is 40.6 Å². The normalized spacial score (nSPS) is 19.8. The van der Waals surface area contributed by atoms with Crippen molar-refractivity contribution in [3.05, 3.63) is 95.8 Å². The number of anilines is 1. The summed E-state index contributed by atoms with van der Waals surface area (Å²) in [7, 11) is -7.41. The predicted molar refractivity (Wildman–Crippen MR) is 192 cm³/mol. The number of ether oxygens (including phenoxy) is 1. The maximum Gasteiger partial charge on any atom is 0.303 e. The van der Waals surface area contributed by atoms with Gasteiger partial charge in [0.1, 0.15) is 16.7 Å². The molecule has 11 nitrogen and oxygen atoms in total. The van der Waals surface area contributed by atoms with Crippen LogP contribution in [0.4, 0.5) is 11.4 Å². The Bertz CT molecular complexity index is 1990. The molecule has 2 N–H and O–H groups in total. The number of nitrogens with zero attached hydrogens (tertiary/aromatic N) is 2. The number of likely N-dealkylation sites (N-methyl/N-ethyl adjacent to an activating group) is 1. The summed E-state index contributed by atoms with van der Waals surface area (Å²) in [4.78, 5) is 12.7. The maximum absolute atomic E-state index is 12.1. The molecule has 0 bridgehead atoms. The summed E-state index contributed by atoms with van der Waals surface area (Å²) in [6.07, 6.45) is 16.1. The average molecular weight is 727 g/mol. The monoisotopic (exact) mass is 726 g/mol. The quantitative estimate of drug-likeness (QED) is 0.0875. The van der Waals surface area contributed by atoms with Gasteiger partial charge in [-0.2, -0.15) is 13.0 Å². The number of carbonyl (C=O) groups is 1. The molecule has 270 valence electrons. The van der Waals surface area contributed by atoms with Gasteiger partial charge in [-0.1, -0.05) is 44.2 Å². The molecule has 0 aliphatic carbocycles. The highest BCUT2D eigenvalue weighted by Gasteiger charge is 2.48. The standard InChI is InChI=1S/C37H46N2O9S2/c1-6-38-31-20-18-27(49(42,43)44)25-29(31)36(2,3)33(38)15-11-8-7-9-12-16-34-37(4,22-24-48-5)30-26-28(50(45,46)47)19-21-32(30)39(34)23-14-10-13-17-35(40)41/h7-9,11-12,15-16,18-21,25-26H,6,10,13-14,17,22-24H2,1-5H3,(H2-,40,41,42,43,44,45,46,47). The Hall–Kier alpha value is -3.88. The minimum atomic E-state index is -4.58. The summed E-state index contributed by atoms with van der Waals surface area (Å²) in [5, 5.41) is 9.04. The van der Waals surface area contributed by atoms with Gasteiger partial charge in [-0.3, -0.25) is 9.35 Å².